The minimum Gasteiger partial charge on any atom is -0.343 e. The molecule has 1 saturated heterocycles. The second-order valence-electron chi connectivity index (χ2n) is 4.59. The van der Waals surface area contributed by atoms with Crippen molar-refractivity contribution in [1.82, 2.24) is 9.80 Å². The molecule has 1 aliphatic heterocycles. The zero-order valence-corrected chi connectivity index (χ0v) is 10.8. The molecule has 0 spiro atoms. The SMILES string of the molecule is O=CN1CCN(CC(=O)Nc2ccc(F)cc2F)CC1. The van der Waals surface area contributed by atoms with Gasteiger partial charge in [-0.3, -0.25) is 14.5 Å². The minimum atomic E-state index is -0.802. The Hall–Kier alpha value is -2.02. The van der Waals surface area contributed by atoms with Crippen LogP contribution >= 0.6 is 0 Å². The Morgan fingerprint density at radius 3 is 2.55 bits per heavy atom. The average molecular weight is 283 g/mol. The van der Waals surface area contributed by atoms with Crippen molar-refractivity contribution >= 4 is 18.0 Å². The van der Waals surface area contributed by atoms with E-state index >= 15 is 0 Å². The van der Waals surface area contributed by atoms with Crippen LogP contribution < -0.4 is 5.32 Å². The molecule has 0 bridgehead atoms. The summed E-state index contributed by atoms with van der Waals surface area (Å²) in [5.74, 6) is -1.86. The highest BCUT2D eigenvalue weighted by atomic mass is 19.1. The molecule has 1 aromatic rings. The molecule has 2 amide bonds. The van der Waals surface area contributed by atoms with Gasteiger partial charge in [-0.15, -0.1) is 0 Å². The molecule has 1 fully saturated rings. The molecule has 20 heavy (non-hydrogen) atoms. The summed E-state index contributed by atoms with van der Waals surface area (Å²) in [7, 11) is 0. The third-order valence-electron chi connectivity index (χ3n) is 3.13. The second kappa shape index (κ2) is 6.42. The predicted molar refractivity (Wildman–Crippen MR) is 69.1 cm³/mol. The van der Waals surface area contributed by atoms with Crippen LogP contribution in [0.4, 0.5) is 14.5 Å². The van der Waals surface area contributed by atoms with Gasteiger partial charge in [0.15, 0.2) is 0 Å². The molecule has 7 heteroatoms. The lowest BCUT2D eigenvalue weighted by Crippen LogP contribution is -2.48. The fraction of sp³-hybridized carbons (Fsp3) is 0.385. The van der Waals surface area contributed by atoms with Crippen molar-refractivity contribution in [3.8, 4) is 0 Å². The summed E-state index contributed by atoms with van der Waals surface area (Å²) < 4.78 is 26.1. The summed E-state index contributed by atoms with van der Waals surface area (Å²) in [6.07, 6.45) is 0.783. The Bertz CT molecular complexity index is 502. The summed E-state index contributed by atoms with van der Waals surface area (Å²) >= 11 is 0. The van der Waals surface area contributed by atoms with E-state index in [-0.39, 0.29) is 18.1 Å². The first-order valence-corrected chi connectivity index (χ1v) is 6.25. The molecule has 108 valence electrons. The van der Waals surface area contributed by atoms with Gasteiger partial charge in [-0.2, -0.15) is 0 Å². The maximum atomic E-state index is 13.4. The Balaban J connectivity index is 1.85. The van der Waals surface area contributed by atoms with Crippen LogP contribution in [0.3, 0.4) is 0 Å². The van der Waals surface area contributed by atoms with Gasteiger partial charge in [0.2, 0.25) is 12.3 Å². The first-order valence-electron chi connectivity index (χ1n) is 6.25. The molecule has 0 unspecified atom stereocenters. The smallest absolute Gasteiger partial charge is 0.238 e. The number of benzene rings is 1. The van der Waals surface area contributed by atoms with E-state index in [0.29, 0.717) is 26.2 Å². The summed E-state index contributed by atoms with van der Waals surface area (Å²) in [5.41, 5.74) is -0.0390. The quantitative estimate of drug-likeness (QED) is 0.827. The summed E-state index contributed by atoms with van der Waals surface area (Å²) in [6, 6.07) is 2.99. The molecular formula is C13H15F2N3O2. The van der Waals surface area contributed by atoms with E-state index < -0.39 is 11.6 Å². The molecule has 0 aromatic heterocycles. The molecule has 0 aliphatic carbocycles. The molecule has 0 radical (unpaired) electrons. The highest BCUT2D eigenvalue weighted by molar-refractivity contribution is 5.92. The van der Waals surface area contributed by atoms with Crippen molar-refractivity contribution in [2.45, 2.75) is 0 Å². The third-order valence-corrected chi connectivity index (χ3v) is 3.13. The highest BCUT2D eigenvalue weighted by Crippen LogP contribution is 2.14. The van der Waals surface area contributed by atoms with Crippen molar-refractivity contribution in [3.05, 3.63) is 29.8 Å². The second-order valence-corrected chi connectivity index (χ2v) is 4.59. The molecule has 2 rings (SSSR count). The van der Waals surface area contributed by atoms with Gasteiger partial charge in [-0.25, -0.2) is 8.78 Å². The number of hydrogen-bond donors (Lipinski definition) is 1. The molecule has 0 atom stereocenters. The van der Waals surface area contributed by atoms with Gasteiger partial charge in [-0.1, -0.05) is 0 Å². The van der Waals surface area contributed by atoms with Crippen LogP contribution in [0, 0.1) is 11.6 Å². The third kappa shape index (κ3) is 3.74. The van der Waals surface area contributed by atoms with Gasteiger partial charge < -0.3 is 10.2 Å². The van der Waals surface area contributed by atoms with Crippen LogP contribution in [0.1, 0.15) is 0 Å². The maximum Gasteiger partial charge on any atom is 0.238 e. The number of piperazine rings is 1. The van der Waals surface area contributed by atoms with E-state index in [1.807, 2.05) is 4.90 Å². The van der Waals surface area contributed by atoms with Crippen LogP contribution in [0.25, 0.3) is 0 Å². The van der Waals surface area contributed by atoms with Gasteiger partial charge in [0.25, 0.3) is 0 Å². The van der Waals surface area contributed by atoms with Gasteiger partial charge in [0.05, 0.1) is 12.2 Å². The number of anilines is 1. The van der Waals surface area contributed by atoms with E-state index in [1.54, 1.807) is 4.90 Å². The topological polar surface area (TPSA) is 52.7 Å². The summed E-state index contributed by atoms with van der Waals surface area (Å²) in [6.45, 7) is 2.45. The van der Waals surface area contributed by atoms with Gasteiger partial charge in [-0.05, 0) is 12.1 Å². The number of carbonyl (C=O) groups is 2. The average Bonchev–Trinajstić information content (AvgIpc) is 2.43. The lowest BCUT2D eigenvalue weighted by Gasteiger charge is -2.31. The van der Waals surface area contributed by atoms with Crippen LogP contribution in [-0.2, 0) is 9.59 Å². The van der Waals surface area contributed by atoms with Gasteiger partial charge in [0.1, 0.15) is 11.6 Å². The van der Waals surface area contributed by atoms with Crippen molar-refractivity contribution in [3.63, 3.8) is 0 Å². The summed E-state index contributed by atoms with van der Waals surface area (Å²) in [5, 5.41) is 2.40. The predicted octanol–water partition coefficient (Wildman–Crippen LogP) is 0.677. The lowest BCUT2D eigenvalue weighted by atomic mass is 10.3. The first kappa shape index (κ1) is 14.4. The van der Waals surface area contributed by atoms with Gasteiger partial charge >= 0.3 is 0 Å². The summed E-state index contributed by atoms with van der Waals surface area (Å²) in [4.78, 5) is 25.8. The Morgan fingerprint density at radius 2 is 1.95 bits per heavy atom. The van der Waals surface area contributed by atoms with E-state index in [4.69, 9.17) is 0 Å². The molecule has 1 aromatic carbocycles. The minimum absolute atomic E-state index is 0.0390. The Morgan fingerprint density at radius 1 is 1.25 bits per heavy atom. The largest absolute Gasteiger partial charge is 0.343 e. The van der Waals surface area contributed by atoms with E-state index in [2.05, 4.69) is 5.32 Å². The van der Waals surface area contributed by atoms with Crippen LogP contribution in [-0.4, -0.2) is 54.8 Å². The van der Waals surface area contributed by atoms with E-state index in [1.165, 1.54) is 6.07 Å². The van der Waals surface area contributed by atoms with Crippen LogP contribution in [0.5, 0.6) is 0 Å². The number of amides is 2. The van der Waals surface area contributed by atoms with Crippen LogP contribution in [0.15, 0.2) is 18.2 Å². The van der Waals surface area contributed by atoms with Crippen molar-refractivity contribution in [2.24, 2.45) is 0 Å². The molecule has 1 aliphatic rings. The highest BCUT2D eigenvalue weighted by Gasteiger charge is 2.18. The number of rotatable bonds is 4. The fourth-order valence-corrected chi connectivity index (χ4v) is 2.01. The van der Waals surface area contributed by atoms with Crippen LogP contribution in [0.2, 0.25) is 0 Å². The van der Waals surface area contributed by atoms with Crippen molar-refractivity contribution in [1.29, 1.82) is 0 Å². The van der Waals surface area contributed by atoms with E-state index in [9.17, 15) is 18.4 Å². The van der Waals surface area contributed by atoms with E-state index in [0.717, 1.165) is 18.5 Å². The Kier molecular flexibility index (Phi) is 4.62. The first-order chi connectivity index (χ1) is 9.58. The number of halogens is 2. The number of carbonyl (C=O) groups excluding carboxylic acids is 2. The maximum absolute atomic E-state index is 13.4. The molecule has 0 saturated carbocycles. The number of nitrogens with one attached hydrogen (secondary N) is 1. The molecule has 1 heterocycles. The number of nitrogens with zero attached hydrogens (tertiary/aromatic N) is 2. The van der Waals surface area contributed by atoms with Crippen molar-refractivity contribution < 1.29 is 18.4 Å². The zero-order valence-electron chi connectivity index (χ0n) is 10.8. The fourth-order valence-electron chi connectivity index (χ4n) is 2.01. The van der Waals surface area contributed by atoms with Crippen molar-refractivity contribution in [2.75, 3.05) is 38.0 Å². The van der Waals surface area contributed by atoms with Gasteiger partial charge in [0, 0.05) is 32.2 Å². The Labute approximate surface area is 115 Å². The molecule has 5 nitrogen and oxygen atoms in total. The normalized spacial score (nSPS) is 16.0. The monoisotopic (exact) mass is 283 g/mol. The lowest BCUT2D eigenvalue weighted by molar-refractivity contribution is -0.120. The molecule has 1 N–H and O–H groups in total. The number of hydrogen-bond acceptors (Lipinski definition) is 3. The molecular weight excluding hydrogens is 268 g/mol. The standard InChI is InChI=1S/C13H15F2N3O2/c14-10-1-2-12(11(15)7-10)16-13(20)8-17-3-5-18(9-19)6-4-17/h1-2,7,9H,3-6,8H2,(H,16,20). The zero-order chi connectivity index (χ0) is 14.5.